The van der Waals surface area contributed by atoms with Crippen molar-refractivity contribution in [1.29, 1.82) is 0 Å². The highest BCUT2D eigenvalue weighted by molar-refractivity contribution is 5.79. The van der Waals surface area contributed by atoms with E-state index in [1.165, 1.54) is 24.8 Å². The van der Waals surface area contributed by atoms with Gasteiger partial charge in [0.05, 0.1) is 6.04 Å². The molecule has 1 aliphatic heterocycles. The van der Waals surface area contributed by atoms with E-state index in [2.05, 4.69) is 19.1 Å². The van der Waals surface area contributed by atoms with Gasteiger partial charge in [-0.3, -0.25) is 4.79 Å². The van der Waals surface area contributed by atoms with Gasteiger partial charge in [0.25, 0.3) is 0 Å². The summed E-state index contributed by atoms with van der Waals surface area (Å²) in [4.78, 5) is 14.3. The fraction of sp³-hybridized carbons (Fsp3) is 0.588. The summed E-state index contributed by atoms with van der Waals surface area (Å²) in [5, 5.41) is 0. The number of rotatable bonds is 4. The van der Waals surface area contributed by atoms with Crippen molar-refractivity contribution < 1.29 is 4.79 Å². The van der Waals surface area contributed by atoms with Crippen LogP contribution in [0.15, 0.2) is 30.3 Å². The van der Waals surface area contributed by atoms with Gasteiger partial charge in [0.1, 0.15) is 0 Å². The fourth-order valence-corrected chi connectivity index (χ4v) is 3.51. The van der Waals surface area contributed by atoms with Crippen molar-refractivity contribution in [2.24, 2.45) is 17.6 Å². The molecule has 0 spiro atoms. The van der Waals surface area contributed by atoms with Gasteiger partial charge in [-0.25, -0.2) is 0 Å². The Balaban J connectivity index is 1.67. The molecule has 0 bridgehead atoms. The first-order valence-corrected chi connectivity index (χ1v) is 7.77. The van der Waals surface area contributed by atoms with E-state index in [1.54, 1.807) is 0 Å². The highest BCUT2D eigenvalue weighted by Gasteiger charge is 2.39. The topological polar surface area (TPSA) is 46.3 Å². The Hall–Kier alpha value is -1.35. The Morgan fingerprint density at radius 2 is 1.90 bits per heavy atom. The molecule has 1 amide bonds. The van der Waals surface area contributed by atoms with Crippen molar-refractivity contribution in [2.75, 3.05) is 6.54 Å². The number of amides is 1. The average Bonchev–Trinajstić information content (AvgIpc) is 2.79. The number of hydrogen-bond acceptors (Lipinski definition) is 2. The monoisotopic (exact) mass is 272 g/mol. The fourth-order valence-electron chi connectivity index (χ4n) is 3.51. The maximum atomic E-state index is 12.3. The van der Waals surface area contributed by atoms with E-state index in [0.717, 1.165) is 6.54 Å². The van der Waals surface area contributed by atoms with Gasteiger partial charge in [-0.05, 0) is 31.2 Å². The number of nitrogens with two attached hydrogens (primary N) is 1. The number of carbonyl (C=O) groups is 1. The molecule has 3 rings (SSSR count). The normalized spacial score (nSPS) is 26.4. The molecule has 1 aromatic rings. The zero-order valence-electron chi connectivity index (χ0n) is 12.2. The average molecular weight is 272 g/mol. The maximum Gasteiger partial charge on any atom is 0.223 e. The molecule has 1 saturated carbocycles. The molecule has 3 atom stereocenters. The molecular weight excluding hydrogens is 248 g/mol. The van der Waals surface area contributed by atoms with Crippen LogP contribution in [0.4, 0.5) is 0 Å². The SMILES string of the molecule is CC(c1ccccc1)N1CC(C(N)C2CCC2)CC1=O. The maximum absolute atomic E-state index is 12.3. The highest BCUT2D eigenvalue weighted by Crippen LogP contribution is 2.36. The molecule has 0 aromatic heterocycles. The lowest BCUT2D eigenvalue weighted by Crippen LogP contribution is -2.42. The summed E-state index contributed by atoms with van der Waals surface area (Å²) in [6, 6.07) is 10.6. The molecule has 2 fully saturated rings. The summed E-state index contributed by atoms with van der Waals surface area (Å²) in [6.45, 7) is 2.94. The third kappa shape index (κ3) is 2.47. The largest absolute Gasteiger partial charge is 0.336 e. The van der Waals surface area contributed by atoms with Crippen LogP contribution in [-0.4, -0.2) is 23.4 Å². The van der Waals surface area contributed by atoms with Crippen molar-refractivity contribution in [3.63, 3.8) is 0 Å². The first-order chi connectivity index (χ1) is 9.66. The van der Waals surface area contributed by atoms with Crippen LogP contribution >= 0.6 is 0 Å². The molecule has 2 aliphatic rings. The Morgan fingerprint density at radius 1 is 1.20 bits per heavy atom. The van der Waals surface area contributed by atoms with E-state index in [4.69, 9.17) is 5.73 Å². The van der Waals surface area contributed by atoms with Crippen molar-refractivity contribution in [3.05, 3.63) is 35.9 Å². The molecule has 3 unspecified atom stereocenters. The van der Waals surface area contributed by atoms with E-state index in [9.17, 15) is 4.79 Å². The van der Waals surface area contributed by atoms with Crippen LogP contribution in [0, 0.1) is 11.8 Å². The second-order valence-corrected chi connectivity index (χ2v) is 6.37. The minimum atomic E-state index is 0.155. The standard InChI is InChI=1S/C17H24N2O/c1-12(13-6-3-2-4-7-13)19-11-15(10-16(19)20)17(18)14-8-5-9-14/h2-4,6-7,12,14-15,17H,5,8-11,18H2,1H3. The van der Waals surface area contributed by atoms with E-state index in [-0.39, 0.29) is 18.0 Å². The molecule has 108 valence electrons. The number of benzene rings is 1. The molecule has 1 aliphatic carbocycles. The minimum Gasteiger partial charge on any atom is -0.336 e. The van der Waals surface area contributed by atoms with Crippen LogP contribution in [0.1, 0.15) is 44.2 Å². The van der Waals surface area contributed by atoms with Crippen LogP contribution in [0.3, 0.4) is 0 Å². The van der Waals surface area contributed by atoms with Gasteiger partial charge in [0, 0.05) is 24.9 Å². The highest BCUT2D eigenvalue weighted by atomic mass is 16.2. The second-order valence-electron chi connectivity index (χ2n) is 6.37. The van der Waals surface area contributed by atoms with Gasteiger partial charge in [0.2, 0.25) is 5.91 Å². The van der Waals surface area contributed by atoms with E-state index in [0.29, 0.717) is 18.3 Å². The van der Waals surface area contributed by atoms with Crippen LogP contribution in [-0.2, 0) is 4.79 Å². The summed E-state index contributed by atoms with van der Waals surface area (Å²) < 4.78 is 0. The lowest BCUT2D eigenvalue weighted by molar-refractivity contribution is -0.129. The summed E-state index contributed by atoms with van der Waals surface area (Å²) >= 11 is 0. The van der Waals surface area contributed by atoms with Gasteiger partial charge in [0.15, 0.2) is 0 Å². The number of carbonyl (C=O) groups excluding carboxylic acids is 1. The lowest BCUT2D eigenvalue weighted by Gasteiger charge is -2.35. The predicted molar refractivity (Wildman–Crippen MR) is 80.0 cm³/mol. The summed E-state index contributed by atoms with van der Waals surface area (Å²) in [5.41, 5.74) is 7.58. The molecule has 1 aromatic carbocycles. The Labute approximate surface area is 121 Å². The van der Waals surface area contributed by atoms with Crippen LogP contribution < -0.4 is 5.73 Å². The van der Waals surface area contributed by atoms with Gasteiger partial charge in [-0.1, -0.05) is 36.8 Å². The van der Waals surface area contributed by atoms with E-state index < -0.39 is 0 Å². The zero-order chi connectivity index (χ0) is 14.1. The number of nitrogens with zero attached hydrogens (tertiary/aromatic N) is 1. The Bertz CT molecular complexity index is 469. The Morgan fingerprint density at radius 3 is 2.50 bits per heavy atom. The van der Waals surface area contributed by atoms with Crippen LogP contribution in [0.25, 0.3) is 0 Å². The van der Waals surface area contributed by atoms with Crippen molar-refractivity contribution >= 4 is 5.91 Å². The van der Waals surface area contributed by atoms with Crippen molar-refractivity contribution in [3.8, 4) is 0 Å². The third-order valence-corrected chi connectivity index (χ3v) is 5.18. The van der Waals surface area contributed by atoms with Gasteiger partial charge >= 0.3 is 0 Å². The molecule has 0 radical (unpaired) electrons. The summed E-state index contributed by atoms with van der Waals surface area (Å²) in [5.74, 6) is 1.26. The zero-order valence-corrected chi connectivity index (χ0v) is 12.2. The summed E-state index contributed by atoms with van der Waals surface area (Å²) in [6.07, 6.45) is 4.44. The smallest absolute Gasteiger partial charge is 0.223 e. The second kappa shape index (κ2) is 5.57. The molecule has 1 heterocycles. The van der Waals surface area contributed by atoms with Crippen LogP contribution in [0.5, 0.6) is 0 Å². The van der Waals surface area contributed by atoms with Crippen LogP contribution in [0.2, 0.25) is 0 Å². The first-order valence-electron chi connectivity index (χ1n) is 7.77. The van der Waals surface area contributed by atoms with Crippen molar-refractivity contribution in [2.45, 2.75) is 44.7 Å². The first kappa shape index (κ1) is 13.6. The minimum absolute atomic E-state index is 0.155. The third-order valence-electron chi connectivity index (χ3n) is 5.18. The van der Waals surface area contributed by atoms with Crippen molar-refractivity contribution in [1.82, 2.24) is 4.90 Å². The Kier molecular flexibility index (Phi) is 3.79. The van der Waals surface area contributed by atoms with Gasteiger partial charge in [-0.2, -0.15) is 0 Å². The van der Waals surface area contributed by atoms with Gasteiger partial charge in [-0.15, -0.1) is 0 Å². The number of hydrogen-bond donors (Lipinski definition) is 1. The molecule has 20 heavy (non-hydrogen) atoms. The molecule has 1 saturated heterocycles. The quantitative estimate of drug-likeness (QED) is 0.916. The molecule has 3 heteroatoms. The van der Waals surface area contributed by atoms with Gasteiger partial charge < -0.3 is 10.6 Å². The molecular formula is C17H24N2O. The van der Waals surface area contributed by atoms with E-state index >= 15 is 0 Å². The molecule has 3 nitrogen and oxygen atoms in total. The number of likely N-dealkylation sites (tertiary alicyclic amines) is 1. The van der Waals surface area contributed by atoms with E-state index in [1.807, 2.05) is 23.1 Å². The lowest BCUT2D eigenvalue weighted by atomic mass is 9.75. The summed E-state index contributed by atoms with van der Waals surface area (Å²) in [7, 11) is 0. The predicted octanol–water partition coefficient (Wildman–Crippen LogP) is 2.72. The molecule has 2 N–H and O–H groups in total.